The van der Waals surface area contributed by atoms with Crippen molar-refractivity contribution in [3.05, 3.63) is 22.4 Å². The molecule has 1 saturated carbocycles. The SMILES string of the molecule is CC1CC/C(=C/c2nc(-c3cscn3)no2)C1. The maximum Gasteiger partial charge on any atom is 0.250 e. The molecule has 2 aromatic rings. The van der Waals surface area contributed by atoms with E-state index in [1.54, 1.807) is 5.51 Å². The molecular weight excluding hydrogens is 234 g/mol. The Bertz CT molecular complexity index is 530. The molecule has 1 aliphatic carbocycles. The second-order valence-electron chi connectivity index (χ2n) is 4.48. The summed E-state index contributed by atoms with van der Waals surface area (Å²) in [6.07, 6.45) is 5.58. The van der Waals surface area contributed by atoms with Crippen LogP contribution >= 0.6 is 11.3 Å². The first-order chi connectivity index (χ1) is 8.31. The topological polar surface area (TPSA) is 51.8 Å². The van der Waals surface area contributed by atoms with Gasteiger partial charge in [0.25, 0.3) is 5.89 Å². The molecule has 5 heteroatoms. The zero-order chi connectivity index (χ0) is 11.7. The fourth-order valence-electron chi connectivity index (χ4n) is 2.11. The summed E-state index contributed by atoms with van der Waals surface area (Å²) in [5, 5.41) is 5.85. The second kappa shape index (κ2) is 4.41. The van der Waals surface area contributed by atoms with Crippen molar-refractivity contribution in [1.82, 2.24) is 15.1 Å². The Morgan fingerprint density at radius 3 is 3.18 bits per heavy atom. The van der Waals surface area contributed by atoms with E-state index in [1.165, 1.54) is 23.3 Å². The molecule has 0 saturated heterocycles. The highest BCUT2D eigenvalue weighted by Crippen LogP contribution is 2.31. The highest BCUT2D eigenvalue weighted by Gasteiger charge is 2.16. The zero-order valence-corrected chi connectivity index (χ0v) is 10.4. The highest BCUT2D eigenvalue weighted by molar-refractivity contribution is 7.07. The van der Waals surface area contributed by atoms with Crippen molar-refractivity contribution < 1.29 is 4.52 Å². The van der Waals surface area contributed by atoms with Gasteiger partial charge in [0.05, 0.1) is 5.51 Å². The van der Waals surface area contributed by atoms with E-state index in [9.17, 15) is 0 Å². The van der Waals surface area contributed by atoms with Crippen LogP contribution in [0.3, 0.4) is 0 Å². The van der Waals surface area contributed by atoms with Crippen molar-refractivity contribution in [2.75, 3.05) is 0 Å². The third-order valence-corrected chi connectivity index (χ3v) is 3.59. The number of hydrogen-bond acceptors (Lipinski definition) is 5. The molecule has 17 heavy (non-hydrogen) atoms. The number of thiazole rings is 1. The van der Waals surface area contributed by atoms with Gasteiger partial charge >= 0.3 is 0 Å². The minimum atomic E-state index is 0.573. The van der Waals surface area contributed by atoms with Crippen LogP contribution in [0.25, 0.3) is 17.6 Å². The van der Waals surface area contributed by atoms with Crippen LogP contribution in [-0.4, -0.2) is 15.1 Å². The molecule has 1 fully saturated rings. The molecule has 0 spiro atoms. The van der Waals surface area contributed by atoms with E-state index >= 15 is 0 Å². The Hall–Kier alpha value is -1.49. The Kier molecular flexibility index (Phi) is 2.76. The molecule has 3 rings (SSSR count). The minimum Gasteiger partial charge on any atom is -0.334 e. The van der Waals surface area contributed by atoms with Crippen molar-refractivity contribution in [2.45, 2.75) is 26.2 Å². The number of nitrogens with zero attached hydrogens (tertiary/aromatic N) is 3. The Labute approximate surface area is 103 Å². The molecular formula is C12H13N3OS. The van der Waals surface area contributed by atoms with Gasteiger partial charge in [-0.2, -0.15) is 4.98 Å². The summed E-state index contributed by atoms with van der Waals surface area (Å²) in [6, 6.07) is 0. The van der Waals surface area contributed by atoms with Gasteiger partial charge < -0.3 is 4.52 Å². The van der Waals surface area contributed by atoms with Gasteiger partial charge in [0, 0.05) is 11.5 Å². The Balaban J connectivity index is 1.81. The van der Waals surface area contributed by atoms with Crippen molar-refractivity contribution >= 4 is 17.4 Å². The minimum absolute atomic E-state index is 0.573. The summed E-state index contributed by atoms with van der Waals surface area (Å²) in [5.74, 6) is 1.95. The predicted octanol–water partition coefficient (Wildman–Crippen LogP) is 3.40. The van der Waals surface area contributed by atoms with E-state index in [2.05, 4.69) is 22.0 Å². The van der Waals surface area contributed by atoms with Crippen LogP contribution in [0.5, 0.6) is 0 Å². The fraction of sp³-hybridized carbons (Fsp3) is 0.417. The second-order valence-corrected chi connectivity index (χ2v) is 5.20. The number of rotatable bonds is 2. The maximum absolute atomic E-state index is 5.21. The van der Waals surface area contributed by atoms with Crippen LogP contribution < -0.4 is 0 Å². The Morgan fingerprint density at radius 2 is 2.47 bits per heavy atom. The lowest BCUT2D eigenvalue weighted by Crippen LogP contribution is -1.82. The standard InChI is InChI=1S/C12H13N3OS/c1-8-2-3-9(4-8)5-11-14-12(15-16-11)10-6-17-7-13-10/h5-8H,2-4H2,1H3/b9-5-. The van der Waals surface area contributed by atoms with Crippen molar-refractivity contribution in [2.24, 2.45) is 5.92 Å². The molecule has 2 aromatic heterocycles. The van der Waals surface area contributed by atoms with Gasteiger partial charge in [-0.25, -0.2) is 4.98 Å². The average Bonchev–Trinajstić information content (AvgIpc) is 3.00. The van der Waals surface area contributed by atoms with Gasteiger partial charge in [0.15, 0.2) is 0 Å². The van der Waals surface area contributed by atoms with Crippen molar-refractivity contribution in [3.8, 4) is 11.5 Å². The molecule has 88 valence electrons. The van der Waals surface area contributed by atoms with E-state index in [4.69, 9.17) is 4.52 Å². The molecule has 0 radical (unpaired) electrons. The summed E-state index contributed by atoms with van der Waals surface area (Å²) < 4.78 is 5.21. The van der Waals surface area contributed by atoms with Gasteiger partial charge in [-0.1, -0.05) is 17.7 Å². The van der Waals surface area contributed by atoms with E-state index in [0.29, 0.717) is 11.7 Å². The van der Waals surface area contributed by atoms with E-state index in [0.717, 1.165) is 24.5 Å². The molecule has 0 aliphatic heterocycles. The quantitative estimate of drug-likeness (QED) is 0.816. The van der Waals surface area contributed by atoms with Gasteiger partial charge in [0.2, 0.25) is 5.82 Å². The van der Waals surface area contributed by atoms with Crippen LogP contribution in [0.2, 0.25) is 0 Å². The lowest BCUT2D eigenvalue weighted by molar-refractivity contribution is 0.410. The van der Waals surface area contributed by atoms with Crippen LogP contribution in [0.15, 0.2) is 21.0 Å². The molecule has 1 atom stereocenters. The summed E-state index contributed by atoms with van der Waals surface area (Å²) in [6.45, 7) is 2.27. The summed E-state index contributed by atoms with van der Waals surface area (Å²) in [4.78, 5) is 8.49. The number of aromatic nitrogens is 3. The smallest absolute Gasteiger partial charge is 0.250 e. The molecule has 1 unspecified atom stereocenters. The molecule has 4 nitrogen and oxygen atoms in total. The maximum atomic E-state index is 5.21. The van der Waals surface area contributed by atoms with E-state index in [-0.39, 0.29) is 0 Å². The van der Waals surface area contributed by atoms with Gasteiger partial charge in [-0.05, 0) is 25.2 Å². The summed E-state index contributed by atoms with van der Waals surface area (Å²) >= 11 is 1.53. The number of hydrogen-bond donors (Lipinski definition) is 0. The fourth-order valence-corrected chi connectivity index (χ4v) is 2.64. The predicted molar refractivity (Wildman–Crippen MR) is 66.4 cm³/mol. The van der Waals surface area contributed by atoms with Crippen molar-refractivity contribution in [1.29, 1.82) is 0 Å². The molecule has 1 aliphatic rings. The van der Waals surface area contributed by atoms with Crippen LogP contribution in [0.1, 0.15) is 32.1 Å². The first-order valence-corrected chi connectivity index (χ1v) is 6.67. The third-order valence-electron chi connectivity index (χ3n) is 3.00. The normalized spacial score (nSPS) is 22.4. The first kappa shape index (κ1) is 10.7. The first-order valence-electron chi connectivity index (χ1n) is 5.73. The van der Waals surface area contributed by atoms with Gasteiger partial charge in [-0.15, -0.1) is 11.3 Å². The van der Waals surface area contributed by atoms with E-state index in [1.807, 2.05) is 11.5 Å². The van der Waals surface area contributed by atoms with Crippen LogP contribution in [0, 0.1) is 5.92 Å². The largest absolute Gasteiger partial charge is 0.334 e. The van der Waals surface area contributed by atoms with Gasteiger partial charge in [-0.3, -0.25) is 0 Å². The van der Waals surface area contributed by atoms with Crippen LogP contribution in [0.4, 0.5) is 0 Å². The molecule has 0 amide bonds. The molecule has 0 N–H and O–H groups in total. The Morgan fingerprint density at radius 1 is 1.53 bits per heavy atom. The monoisotopic (exact) mass is 247 g/mol. The van der Waals surface area contributed by atoms with Crippen LogP contribution in [-0.2, 0) is 0 Å². The lowest BCUT2D eigenvalue weighted by atomic mass is 10.1. The highest BCUT2D eigenvalue weighted by atomic mass is 32.1. The van der Waals surface area contributed by atoms with Crippen molar-refractivity contribution in [3.63, 3.8) is 0 Å². The summed E-state index contributed by atoms with van der Waals surface area (Å²) in [7, 11) is 0. The third kappa shape index (κ3) is 2.29. The average molecular weight is 247 g/mol. The van der Waals surface area contributed by atoms with Gasteiger partial charge in [0.1, 0.15) is 5.69 Å². The lowest BCUT2D eigenvalue weighted by Gasteiger charge is -1.94. The summed E-state index contributed by atoms with van der Waals surface area (Å²) in [5.41, 5.74) is 3.96. The zero-order valence-electron chi connectivity index (χ0n) is 9.59. The molecule has 0 bridgehead atoms. The molecule has 0 aromatic carbocycles. The number of allylic oxidation sites excluding steroid dienone is 1. The molecule has 2 heterocycles. The van der Waals surface area contributed by atoms with E-state index < -0.39 is 0 Å².